The number of ether oxygens (including phenoxy) is 2. The standard InChI is InChI=1S/C20H24O5/c1-5-6-10-14-17(22)15(19(24-3)20(25-4)18(14)23)16(21)13-11-8-7-9-12(13)2/h7-9,11,22-23H,5-6,10H2,1-4H3. The monoisotopic (exact) mass is 344 g/mol. The fourth-order valence-corrected chi connectivity index (χ4v) is 2.88. The van der Waals surface area contributed by atoms with E-state index in [1.807, 2.05) is 26.0 Å². The Morgan fingerprint density at radius 2 is 1.68 bits per heavy atom. The van der Waals surface area contributed by atoms with Gasteiger partial charge in [-0.2, -0.15) is 0 Å². The van der Waals surface area contributed by atoms with Gasteiger partial charge in [-0.15, -0.1) is 0 Å². The molecule has 25 heavy (non-hydrogen) atoms. The van der Waals surface area contributed by atoms with E-state index in [9.17, 15) is 15.0 Å². The van der Waals surface area contributed by atoms with Gasteiger partial charge < -0.3 is 19.7 Å². The van der Waals surface area contributed by atoms with Crippen LogP contribution >= 0.6 is 0 Å². The van der Waals surface area contributed by atoms with Crippen LogP contribution < -0.4 is 9.47 Å². The molecule has 0 heterocycles. The number of carbonyl (C=O) groups excluding carboxylic acids is 1. The summed E-state index contributed by atoms with van der Waals surface area (Å²) in [5, 5.41) is 21.2. The van der Waals surface area contributed by atoms with Crippen LogP contribution in [-0.2, 0) is 6.42 Å². The number of hydrogen-bond donors (Lipinski definition) is 2. The Kier molecular flexibility index (Phi) is 5.91. The molecule has 5 nitrogen and oxygen atoms in total. The molecular formula is C20H24O5. The lowest BCUT2D eigenvalue weighted by Crippen LogP contribution is -2.09. The molecule has 5 heteroatoms. The van der Waals surface area contributed by atoms with Gasteiger partial charge >= 0.3 is 0 Å². The number of phenolic OH excluding ortho intramolecular Hbond substituents is 2. The zero-order chi connectivity index (χ0) is 18.6. The molecule has 0 aromatic heterocycles. The summed E-state index contributed by atoms with van der Waals surface area (Å²) in [5.74, 6) is -0.721. The van der Waals surface area contributed by atoms with Crippen molar-refractivity contribution in [1.29, 1.82) is 0 Å². The lowest BCUT2D eigenvalue weighted by molar-refractivity contribution is 0.103. The van der Waals surface area contributed by atoms with Crippen LogP contribution in [0.3, 0.4) is 0 Å². The van der Waals surface area contributed by atoms with E-state index >= 15 is 0 Å². The Balaban J connectivity index is 2.74. The topological polar surface area (TPSA) is 76.0 Å². The predicted octanol–water partition coefficient (Wildman–Crippen LogP) is 4.00. The highest BCUT2D eigenvalue weighted by Gasteiger charge is 2.30. The number of hydrogen-bond acceptors (Lipinski definition) is 5. The highest BCUT2D eigenvalue weighted by atomic mass is 16.5. The van der Waals surface area contributed by atoms with Crippen molar-refractivity contribution in [3.63, 3.8) is 0 Å². The largest absolute Gasteiger partial charge is 0.507 e. The Labute approximate surface area is 147 Å². The van der Waals surface area contributed by atoms with Crippen molar-refractivity contribution >= 4 is 5.78 Å². The Morgan fingerprint density at radius 3 is 2.24 bits per heavy atom. The van der Waals surface area contributed by atoms with E-state index in [-0.39, 0.29) is 34.3 Å². The first-order valence-electron chi connectivity index (χ1n) is 8.26. The third-order valence-corrected chi connectivity index (χ3v) is 4.26. The normalized spacial score (nSPS) is 10.6. The molecule has 0 aliphatic rings. The van der Waals surface area contributed by atoms with E-state index in [0.29, 0.717) is 17.5 Å². The molecule has 0 atom stereocenters. The molecule has 2 aromatic rings. The summed E-state index contributed by atoms with van der Waals surface area (Å²) >= 11 is 0. The highest BCUT2D eigenvalue weighted by molar-refractivity contribution is 6.14. The average Bonchev–Trinajstić information content (AvgIpc) is 2.61. The molecule has 0 unspecified atom stereocenters. The SMILES string of the molecule is CCCCc1c(O)c(OC)c(OC)c(C(=O)c2ccccc2C)c1O. The van der Waals surface area contributed by atoms with Crippen LogP contribution in [0.5, 0.6) is 23.0 Å². The zero-order valence-electron chi connectivity index (χ0n) is 15.0. The summed E-state index contributed by atoms with van der Waals surface area (Å²) in [6, 6.07) is 7.13. The molecule has 2 rings (SSSR count). The maximum atomic E-state index is 13.1. The van der Waals surface area contributed by atoms with Gasteiger partial charge in [-0.3, -0.25) is 4.79 Å². The van der Waals surface area contributed by atoms with Crippen molar-refractivity contribution in [2.75, 3.05) is 14.2 Å². The van der Waals surface area contributed by atoms with E-state index in [1.54, 1.807) is 12.1 Å². The number of aryl methyl sites for hydroxylation is 1. The third-order valence-electron chi connectivity index (χ3n) is 4.26. The van der Waals surface area contributed by atoms with Crippen LogP contribution in [-0.4, -0.2) is 30.2 Å². The van der Waals surface area contributed by atoms with E-state index < -0.39 is 0 Å². The lowest BCUT2D eigenvalue weighted by atomic mass is 9.93. The Hall–Kier alpha value is -2.69. The van der Waals surface area contributed by atoms with E-state index in [0.717, 1.165) is 18.4 Å². The molecule has 0 saturated heterocycles. The smallest absolute Gasteiger partial charge is 0.204 e. The van der Waals surface area contributed by atoms with Crippen LogP contribution in [0.1, 0.15) is 46.8 Å². The van der Waals surface area contributed by atoms with Crippen LogP contribution in [0.15, 0.2) is 24.3 Å². The van der Waals surface area contributed by atoms with Gasteiger partial charge in [0.15, 0.2) is 11.5 Å². The summed E-state index contributed by atoms with van der Waals surface area (Å²) in [5.41, 5.74) is 1.57. The molecule has 2 N–H and O–H groups in total. The number of aromatic hydroxyl groups is 2. The molecule has 0 radical (unpaired) electrons. The number of methoxy groups -OCH3 is 2. The minimum atomic E-state index is -0.372. The number of phenols is 2. The van der Waals surface area contributed by atoms with Gasteiger partial charge in [0, 0.05) is 11.1 Å². The molecule has 0 spiro atoms. The van der Waals surface area contributed by atoms with Crippen molar-refractivity contribution in [3.8, 4) is 23.0 Å². The summed E-state index contributed by atoms with van der Waals surface area (Å²) in [6.07, 6.45) is 2.07. The van der Waals surface area contributed by atoms with Crippen molar-refractivity contribution in [2.45, 2.75) is 33.1 Å². The highest BCUT2D eigenvalue weighted by Crippen LogP contribution is 2.49. The number of unbranched alkanes of at least 4 members (excludes halogenated alkanes) is 1. The summed E-state index contributed by atoms with van der Waals surface area (Å²) in [4.78, 5) is 13.1. The maximum absolute atomic E-state index is 13.1. The first-order chi connectivity index (χ1) is 12.0. The molecular weight excluding hydrogens is 320 g/mol. The van der Waals surface area contributed by atoms with E-state index in [1.165, 1.54) is 14.2 Å². The van der Waals surface area contributed by atoms with Gasteiger partial charge in [0.1, 0.15) is 11.3 Å². The van der Waals surface area contributed by atoms with Gasteiger partial charge in [-0.05, 0) is 25.3 Å². The van der Waals surface area contributed by atoms with Crippen LogP contribution in [0.2, 0.25) is 0 Å². The molecule has 0 bridgehead atoms. The third kappa shape index (κ3) is 3.40. The minimum absolute atomic E-state index is 0.0116. The summed E-state index contributed by atoms with van der Waals surface area (Å²) < 4.78 is 10.6. The number of carbonyl (C=O) groups is 1. The summed E-state index contributed by atoms with van der Waals surface area (Å²) in [7, 11) is 2.76. The van der Waals surface area contributed by atoms with Crippen LogP contribution in [0.25, 0.3) is 0 Å². The summed E-state index contributed by atoms with van der Waals surface area (Å²) in [6.45, 7) is 3.83. The van der Waals surface area contributed by atoms with Gasteiger partial charge in [0.05, 0.1) is 14.2 Å². The number of ketones is 1. The second kappa shape index (κ2) is 7.92. The second-order valence-electron chi connectivity index (χ2n) is 5.86. The molecule has 0 aliphatic heterocycles. The van der Waals surface area contributed by atoms with Gasteiger partial charge in [-0.1, -0.05) is 37.6 Å². The number of benzene rings is 2. The first-order valence-corrected chi connectivity index (χ1v) is 8.26. The van der Waals surface area contributed by atoms with Crippen molar-refractivity contribution in [3.05, 3.63) is 46.5 Å². The minimum Gasteiger partial charge on any atom is -0.507 e. The fraction of sp³-hybridized carbons (Fsp3) is 0.350. The molecule has 0 saturated carbocycles. The molecule has 2 aromatic carbocycles. The van der Waals surface area contributed by atoms with Gasteiger partial charge in [0.25, 0.3) is 0 Å². The molecule has 0 aliphatic carbocycles. The first kappa shape index (κ1) is 18.6. The Bertz CT molecular complexity index is 780. The van der Waals surface area contributed by atoms with Crippen LogP contribution in [0.4, 0.5) is 0 Å². The van der Waals surface area contributed by atoms with E-state index in [2.05, 4.69) is 0 Å². The second-order valence-corrected chi connectivity index (χ2v) is 5.86. The van der Waals surface area contributed by atoms with Crippen molar-refractivity contribution in [1.82, 2.24) is 0 Å². The average molecular weight is 344 g/mol. The molecule has 0 fully saturated rings. The molecule has 134 valence electrons. The zero-order valence-corrected chi connectivity index (χ0v) is 15.0. The quantitative estimate of drug-likeness (QED) is 0.743. The van der Waals surface area contributed by atoms with Crippen molar-refractivity contribution < 1.29 is 24.5 Å². The lowest BCUT2D eigenvalue weighted by Gasteiger charge is -2.19. The predicted molar refractivity (Wildman–Crippen MR) is 96.1 cm³/mol. The van der Waals surface area contributed by atoms with Crippen molar-refractivity contribution in [2.24, 2.45) is 0 Å². The van der Waals surface area contributed by atoms with E-state index in [4.69, 9.17) is 9.47 Å². The maximum Gasteiger partial charge on any atom is 0.204 e. The van der Waals surface area contributed by atoms with Gasteiger partial charge in [0.2, 0.25) is 11.5 Å². The van der Waals surface area contributed by atoms with Crippen LogP contribution in [0, 0.1) is 6.92 Å². The van der Waals surface area contributed by atoms with Gasteiger partial charge in [-0.25, -0.2) is 0 Å². The molecule has 0 amide bonds. The fourth-order valence-electron chi connectivity index (χ4n) is 2.88. The number of rotatable bonds is 7. The Morgan fingerprint density at radius 1 is 1.04 bits per heavy atom.